The van der Waals surface area contributed by atoms with Crippen LogP contribution >= 0.6 is 0 Å². The van der Waals surface area contributed by atoms with Crippen LogP contribution in [0.2, 0.25) is 0 Å². The third-order valence-corrected chi connectivity index (χ3v) is 11.4. The van der Waals surface area contributed by atoms with Crippen molar-refractivity contribution in [3.8, 4) is 51.0 Å². The Morgan fingerprint density at radius 3 is 1.69 bits per heavy atom. The minimum Gasteiger partial charge on any atom is -0.456 e. The van der Waals surface area contributed by atoms with Crippen LogP contribution in [0.4, 0.5) is 0 Å². The van der Waals surface area contributed by atoms with E-state index in [2.05, 4.69) is 162 Å². The van der Waals surface area contributed by atoms with E-state index in [9.17, 15) is 0 Å². The van der Waals surface area contributed by atoms with Gasteiger partial charge in [0.2, 0.25) is 0 Å². The van der Waals surface area contributed by atoms with E-state index < -0.39 is 0 Å². The molecule has 0 N–H and O–H groups in total. The smallest absolute Gasteiger partial charge is 0.164 e. The summed E-state index contributed by atoms with van der Waals surface area (Å²) in [5, 5.41) is 9.32. The van der Waals surface area contributed by atoms with Gasteiger partial charge in [0.25, 0.3) is 0 Å². The fourth-order valence-electron chi connectivity index (χ4n) is 8.68. The molecule has 0 aliphatic rings. The highest BCUT2D eigenvalue weighted by Gasteiger charge is 2.20. The van der Waals surface area contributed by atoms with Crippen LogP contribution in [0.5, 0.6) is 0 Å². The number of furan rings is 1. The Labute approximate surface area is 333 Å². The molecule has 5 heteroatoms. The van der Waals surface area contributed by atoms with E-state index in [1.807, 2.05) is 36.4 Å². The normalized spacial score (nSPS) is 11.8. The summed E-state index contributed by atoms with van der Waals surface area (Å²) in [4.78, 5) is 15.2. The van der Waals surface area contributed by atoms with E-state index in [4.69, 9.17) is 19.4 Å². The minimum absolute atomic E-state index is 0.583. The van der Waals surface area contributed by atoms with Crippen LogP contribution in [-0.2, 0) is 0 Å². The second-order valence-electron chi connectivity index (χ2n) is 14.8. The van der Waals surface area contributed by atoms with E-state index >= 15 is 0 Å². The van der Waals surface area contributed by atoms with Gasteiger partial charge >= 0.3 is 0 Å². The fraction of sp³-hybridized carbons (Fsp3) is 0. The highest BCUT2D eigenvalue weighted by molar-refractivity contribution is 6.22. The van der Waals surface area contributed by atoms with Crippen molar-refractivity contribution in [2.45, 2.75) is 0 Å². The number of hydrogen-bond donors (Lipinski definition) is 0. The molecule has 9 aromatic carbocycles. The van der Waals surface area contributed by atoms with Gasteiger partial charge in [-0.05, 0) is 63.7 Å². The zero-order chi connectivity index (χ0) is 38.2. The summed E-state index contributed by atoms with van der Waals surface area (Å²) in [7, 11) is 0. The van der Waals surface area contributed by atoms with Crippen molar-refractivity contribution in [1.29, 1.82) is 0 Å². The molecule has 0 fully saturated rings. The first-order chi connectivity index (χ1) is 28.7. The van der Waals surface area contributed by atoms with Crippen molar-refractivity contribution in [3.05, 3.63) is 194 Å². The van der Waals surface area contributed by atoms with Crippen molar-refractivity contribution in [1.82, 2.24) is 19.5 Å². The molecule has 0 saturated carbocycles. The van der Waals surface area contributed by atoms with E-state index in [-0.39, 0.29) is 0 Å². The maximum absolute atomic E-state index is 6.87. The number of aromatic nitrogens is 4. The number of benzene rings is 9. The van der Waals surface area contributed by atoms with Crippen molar-refractivity contribution in [2.24, 2.45) is 0 Å². The average Bonchev–Trinajstić information content (AvgIpc) is 3.83. The molecule has 270 valence electrons. The molecule has 0 bridgehead atoms. The van der Waals surface area contributed by atoms with Crippen molar-refractivity contribution >= 4 is 65.3 Å². The Balaban J connectivity index is 1.06. The summed E-state index contributed by atoms with van der Waals surface area (Å²) in [6.07, 6.45) is 0. The van der Waals surface area contributed by atoms with Crippen molar-refractivity contribution in [2.75, 3.05) is 0 Å². The predicted molar refractivity (Wildman–Crippen MR) is 238 cm³/mol. The Kier molecular flexibility index (Phi) is 7.16. The second kappa shape index (κ2) is 12.8. The lowest BCUT2D eigenvalue weighted by molar-refractivity contribution is 0.669. The fourth-order valence-corrected chi connectivity index (χ4v) is 8.68. The van der Waals surface area contributed by atoms with Gasteiger partial charge in [-0.1, -0.05) is 152 Å². The zero-order valence-corrected chi connectivity index (χ0v) is 31.2. The number of hydrogen-bond acceptors (Lipinski definition) is 4. The van der Waals surface area contributed by atoms with Crippen LogP contribution in [-0.4, -0.2) is 19.5 Å². The first-order valence-corrected chi connectivity index (χ1v) is 19.5. The summed E-state index contributed by atoms with van der Waals surface area (Å²) >= 11 is 0. The highest BCUT2D eigenvalue weighted by atomic mass is 16.3. The van der Waals surface area contributed by atoms with Crippen LogP contribution < -0.4 is 0 Å². The van der Waals surface area contributed by atoms with E-state index in [1.165, 1.54) is 21.5 Å². The van der Waals surface area contributed by atoms with Gasteiger partial charge in [-0.2, -0.15) is 0 Å². The Hall–Kier alpha value is -7.89. The molecule has 0 radical (unpaired) electrons. The Morgan fingerprint density at radius 1 is 0.328 bits per heavy atom. The number of nitrogens with zero attached hydrogens (tertiary/aromatic N) is 4. The van der Waals surface area contributed by atoms with Gasteiger partial charge in [-0.15, -0.1) is 0 Å². The predicted octanol–water partition coefficient (Wildman–Crippen LogP) is 13.8. The van der Waals surface area contributed by atoms with Crippen LogP contribution in [0.3, 0.4) is 0 Å². The summed E-state index contributed by atoms with van der Waals surface area (Å²) < 4.78 is 9.27. The molecule has 3 heterocycles. The molecule has 0 atom stereocenters. The standard InChI is InChI=1S/C53H32N4O/c1-3-14-33(15-4-1)35-20-13-21-38(28-35)52-54-51(34-16-5-2-6-17-34)55-53(56-52)39-26-27-43-48(31-39)58-49-32-47(40-22-9-10-24-42(40)50(43)49)57-45-25-12-11-23-41(45)44-29-36-18-7-8-19-37(36)30-46(44)57/h1-32H. The minimum atomic E-state index is 0.583. The molecule has 12 aromatic rings. The third-order valence-electron chi connectivity index (χ3n) is 11.4. The largest absolute Gasteiger partial charge is 0.456 e. The topological polar surface area (TPSA) is 56.7 Å². The lowest BCUT2D eigenvalue weighted by Crippen LogP contribution is -2.00. The molecule has 12 rings (SSSR count). The molecule has 3 aromatic heterocycles. The molecule has 58 heavy (non-hydrogen) atoms. The summed E-state index contributed by atoms with van der Waals surface area (Å²) in [6.45, 7) is 0. The summed E-state index contributed by atoms with van der Waals surface area (Å²) in [5.41, 5.74) is 9.94. The van der Waals surface area contributed by atoms with Crippen LogP contribution in [0.1, 0.15) is 0 Å². The summed E-state index contributed by atoms with van der Waals surface area (Å²) in [5.74, 6) is 1.81. The Morgan fingerprint density at radius 2 is 0.914 bits per heavy atom. The zero-order valence-electron chi connectivity index (χ0n) is 31.2. The van der Waals surface area contributed by atoms with Gasteiger partial charge in [0, 0.05) is 49.7 Å². The van der Waals surface area contributed by atoms with Gasteiger partial charge in [0.05, 0.1) is 16.7 Å². The first-order valence-electron chi connectivity index (χ1n) is 19.5. The van der Waals surface area contributed by atoms with Gasteiger partial charge in [0.15, 0.2) is 17.5 Å². The van der Waals surface area contributed by atoms with Crippen LogP contribution in [0.25, 0.3) is 116 Å². The monoisotopic (exact) mass is 740 g/mol. The molecular weight excluding hydrogens is 709 g/mol. The van der Waals surface area contributed by atoms with Gasteiger partial charge < -0.3 is 8.98 Å². The number of rotatable bonds is 5. The molecule has 0 amide bonds. The van der Waals surface area contributed by atoms with E-state index in [1.54, 1.807) is 0 Å². The Bertz CT molecular complexity index is 3570. The maximum Gasteiger partial charge on any atom is 0.164 e. The molecule has 0 saturated heterocycles. The van der Waals surface area contributed by atoms with E-state index in [0.717, 1.165) is 77.2 Å². The molecular formula is C53H32N4O. The first kappa shape index (κ1) is 32.4. The highest BCUT2D eigenvalue weighted by Crippen LogP contribution is 2.42. The van der Waals surface area contributed by atoms with Gasteiger partial charge in [0.1, 0.15) is 11.2 Å². The second-order valence-corrected chi connectivity index (χ2v) is 14.8. The quantitative estimate of drug-likeness (QED) is 0.176. The molecule has 0 spiro atoms. The van der Waals surface area contributed by atoms with Crippen molar-refractivity contribution < 1.29 is 4.42 Å². The number of para-hydroxylation sites is 1. The molecule has 0 aliphatic heterocycles. The molecule has 0 aliphatic carbocycles. The number of fused-ring (bicyclic) bond motifs is 9. The maximum atomic E-state index is 6.87. The third kappa shape index (κ3) is 5.14. The lowest BCUT2D eigenvalue weighted by atomic mass is 10.0. The SMILES string of the molecule is c1ccc(-c2cccc(-c3nc(-c4ccccc4)nc(-c4ccc5c(c4)oc4cc(-n6c7ccccc7c7cc8ccccc8cc76)c6ccccc6c45)n3)c2)cc1. The summed E-state index contributed by atoms with van der Waals surface area (Å²) in [6, 6.07) is 68.0. The van der Waals surface area contributed by atoms with Crippen molar-refractivity contribution in [3.63, 3.8) is 0 Å². The van der Waals surface area contributed by atoms with Crippen LogP contribution in [0.15, 0.2) is 199 Å². The van der Waals surface area contributed by atoms with Crippen LogP contribution in [0, 0.1) is 0 Å². The lowest BCUT2D eigenvalue weighted by Gasteiger charge is -2.13. The molecule has 0 unspecified atom stereocenters. The van der Waals surface area contributed by atoms with Gasteiger partial charge in [-0.3, -0.25) is 0 Å². The molecule has 5 nitrogen and oxygen atoms in total. The van der Waals surface area contributed by atoms with Gasteiger partial charge in [-0.25, -0.2) is 15.0 Å². The average molecular weight is 741 g/mol. The van der Waals surface area contributed by atoms with E-state index in [0.29, 0.717) is 17.5 Å².